The Hall–Kier alpha value is -3.13. The summed E-state index contributed by atoms with van der Waals surface area (Å²) in [5, 5.41) is 11.8. The number of allylic oxidation sites excluding steroid dienone is 1. The Balaban J connectivity index is 2.44. The van der Waals surface area contributed by atoms with Crippen molar-refractivity contribution in [3.63, 3.8) is 0 Å². The fourth-order valence-corrected chi connectivity index (χ4v) is 2.36. The smallest absolute Gasteiger partial charge is 0.133 e. The van der Waals surface area contributed by atoms with Gasteiger partial charge in [0, 0.05) is 12.6 Å². The summed E-state index contributed by atoms with van der Waals surface area (Å²) >= 11 is 0. The molecule has 2 rings (SSSR count). The van der Waals surface area contributed by atoms with Crippen LogP contribution in [0.2, 0.25) is 0 Å². The van der Waals surface area contributed by atoms with Gasteiger partial charge in [0.15, 0.2) is 0 Å². The first kappa shape index (κ1) is 17.2. The Morgan fingerprint density at radius 3 is 2.75 bits per heavy atom. The van der Waals surface area contributed by atoms with Crippen LogP contribution in [-0.2, 0) is 6.42 Å². The van der Waals surface area contributed by atoms with Crippen molar-refractivity contribution in [2.75, 3.05) is 14.2 Å². The molecule has 1 N–H and O–H groups in total. The lowest BCUT2D eigenvalue weighted by Crippen LogP contribution is -2.24. The first-order valence-electron chi connectivity index (χ1n) is 7.32. The van der Waals surface area contributed by atoms with Gasteiger partial charge in [0.1, 0.15) is 29.2 Å². The maximum Gasteiger partial charge on any atom is 0.133 e. The monoisotopic (exact) mass is 323 g/mol. The SMILES string of the molecule is C=C(C#N)NC(=NC)c1ccc(OC)cc1Cc1cccc(F)c1. The average Bonchev–Trinajstić information content (AvgIpc) is 2.59. The van der Waals surface area contributed by atoms with Gasteiger partial charge in [-0.25, -0.2) is 4.39 Å². The number of nitriles is 1. The second-order valence-electron chi connectivity index (χ2n) is 5.12. The number of ether oxygens (including phenoxy) is 1. The lowest BCUT2D eigenvalue weighted by Gasteiger charge is -2.14. The summed E-state index contributed by atoms with van der Waals surface area (Å²) in [7, 11) is 3.22. The van der Waals surface area contributed by atoms with Crippen LogP contribution in [0, 0.1) is 17.1 Å². The molecule has 0 saturated carbocycles. The van der Waals surface area contributed by atoms with Gasteiger partial charge in [-0.15, -0.1) is 0 Å². The summed E-state index contributed by atoms with van der Waals surface area (Å²) in [4.78, 5) is 4.20. The third-order valence-electron chi connectivity index (χ3n) is 3.48. The Bertz CT molecular complexity index is 822. The van der Waals surface area contributed by atoms with Crippen molar-refractivity contribution in [2.24, 2.45) is 4.99 Å². The quantitative estimate of drug-likeness (QED) is 0.521. The van der Waals surface area contributed by atoms with Gasteiger partial charge in [0.2, 0.25) is 0 Å². The average molecular weight is 323 g/mol. The van der Waals surface area contributed by atoms with Gasteiger partial charge in [0.05, 0.1) is 7.11 Å². The van der Waals surface area contributed by atoms with E-state index in [9.17, 15) is 4.39 Å². The number of nitrogens with one attached hydrogen (secondary N) is 1. The summed E-state index contributed by atoms with van der Waals surface area (Å²) in [5.74, 6) is 0.938. The van der Waals surface area contributed by atoms with Gasteiger partial charge in [-0.05, 0) is 47.9 Å². The lowest BCUT2D eigenvalue weighted by molar-refractivity contribution is 0.414. The van der Waals surface area contributed by atoms with Gasteiger partial charge in [-0.2, -0.15) is 5.26 Å². The van der Waals surface area contributed by atoms with Crippen molar-refractivity contribution >= 4 is 5.84 Å². The van der Waals surface area contributed by atoms with E-state index in [2.05, 4.69) is 16.9 Å². The third kappa shape index (κ3) is 4.20. The van der Waals surface area contributed by atoms with Crippen molar-refractivity contribution in [3.05, 3.63) is 77.2 Å². The fourth-order valence-electron chi connectivity index (χ4n) is 2.36. The maximum absolute atomic E-state index is 13.5. The van der Waals surface area contributed by atoms with E-state index in [1.54, 1.807) is 20.2 Å². The molecule has 2 aromatic rings. The number of halogens is 1. The maximum atomic E-state index is 13.5. The highest BCUT2D eigenvalue weighted by Gasteiger charge is 2.12. The molecular weight excluding hydrogens is 305 g/mol. The fraction of sp³-hybridized carbons (Fsp3) is 0.158. The van der Waals surface area contributed by atoms with Crippen LogP contribution in [0.3, 0.4) is 0 Å². The molecule has 0 unspecified atom stereocenters. The van der Waals surface area contributed by atoms with Crippen LogP contribution in [0.15, 0.2) is 59.7 Å². The Morgan fingerprint density at radius 1 is 1.33 bits per heavy atom. The number of nitrogens with zero attached hydrogens (tertiary/aromatic N) is 2. The largest absolute Gasteiger partial charge is 0.497 e. The Kier molecular flexibility index (Phi) is 5.69. The predicted octanol–water partition coefficient (Wildman–Crippen LogP) is 3.43. The van der Waals surface area contributed by atoms with E-state index >= 15 is 0 Å². The number of aliphatic imine (C=N–C) groups is 1. The number of hydrogen-bond acceptors (Lipinski definition) is 3. The van der Waals surface area contributed by atoms with E-state index in [0.29, 0.717) is 18.0 Å². The first-order valence-corrected chi connectivity index (χ1v) is 7.32. The zero-order valence-corrected chi connectivity index (χ0v) is 13.6. The number of benzene rings is 2. The highest BCUT2D eigenvalue weighted by molar-refractivity contribution is 6.01. The molecule has 0 bridgehead atoms. The molecule has 24 heavy (non-hydrogen) atoms. The molecule has 122 valence electrons. The lowest BCUT2D eigenvalue weighted by atomic mass is 9.98. The van der Waals surface area contributed by atoms with E-state index in [1.807, 2.05) is 30.3 Å². The summed E-state index contributed by atoms with van der Waals surface area (Å²) < 4.78 is 18.7. The minimum absolute atomic E-state index is 0.197. The van der Waals surface area contributed by atoms with E-state index in [1.165, 1.54) is 12.1 Å². The molecule has 4 nitrogen and oxygen atoms in total. The molecule has 0 radical (unpaired) electrons. The molecule has 0 fully saturated rings. The molecule has 0 aliphatic heterocycles. The van der Waals surface area contributed by atoms with Gasteiger partial charge in [-0.3, -0.25) is 4.99 Å². The molecule has 0 spiro atoms. The second kappa shape index (κ2) is 7.93. The minimum Gasteiger partial charge on any atom is -0.497 e. The summed E-state index contributed by atoms with van der Waals surface area (Å²) in [6, 6.07) is 13.9. The van der Waals surface area contributed by atoms with Crippen molar-refractivity contribution in [3.8, 4) is 11.8 Å². The van der Waals surface area contributed by atoms with Gasteiger partial charge < -0.3 is 10.1 Å². The van der Waals surface area contributed by atoms with Crippen molar-refractivity contribution in [1.82, 2.24) is 5.32 Å². The molecule has 5 heteroatoms. The molecule has 0 amide bonds. The Morgan fingerprint density at radius 2 is 2.12 bits per heavy atom. The normalized spacial score (nSPS) is 10.8. The summed E-state index contributed by atoms with van der Waals surface area (Å²) in [5.41, 5.74) is 2.74. The predicted molar refractivity (Wildman–Crippen MR) is 92.5 cm³/mol. The number of rotatable bonds is 5. The third-order valence-corrected chi connectivity index (χ3v) is 3.48. The molecule has 2 aromatic carbocycles. The molecule has 0 heterocycles. The number of amidine groups is 1. The van der Waals surface area contributed by atoms with Crippen molar-refractivity contribution in [1.29, 1.82) is 5.26 Å². The van der Waals surface area contributed by atoms with E-state index in [0.717, 1.165) is 16.7 Å². The highest BCUT2D eigenvalue weighted by Crippen LogP contribution is 2.22. The minimum atomic E-state index is -0.280. The van der Waals surface area contributed by atoms with Crippen molar-refractivity contribution < 1.29 is 9.13 Å². The van der Waals surface area contributed by atoms with Crippen LogP contribution < -0.4 is 10.1 Å². The second-order valence-corrected chi connectivity index (χ2v) is 5.12. The summed E-state index contributed by atoms with van der Waals surface area (Å²) in [6.07, 6.45) is 0.504. The molecule has 0 aliphatic rings. The van der Waals surface area contributed by atoms with Crippen LogP contribution in [0.1, 0.15) is 16.7 Å². The van der Waals surface area contributed by atoms with Gasteiger partial charge in [0.25, 0.3) is 0 Å². The molecule has 0 aliphatic carbocycles. The molecular formula is C19H18FN3O. The van der Waals surface area contributed by atoms with E-state index < -0.39 is 0 Å². The Labute approximate surface area is 140 Å². The van der Waals surface area contributed by atoms with Crippen LogP contribution >= 0.6 is 0 Å². The van der Waals surface area contributed by atoms with Crippen LogP contribution in [0.25, 0.3) is 0 Å². The van der Waals surface area contributed by atoms with Gasteiger partial charge >= 0.3 is 0 Å². The van der Waals surface area contributed by atoms with Crippen LogP contribution in [0.5, 0.6) is 5.75 Å². The van der Waals surface area contributed by atoms with Crippen LogP contribution in [-0.4, -0.2) is 20.0 Å². The topological polar surface area (TPSA) is 57.4 Å². The van der Waals surface area contributed by atoms with Crippen molar-refractivity contribution in [2.45, 2.75) is 6.42 Å². The zero-order chi connectivity index (χ0) is 17.5. The highest BCUT2D eigenvalue weighted by atomic mass is 19.1. The summed E-state index contributed by atoms with van der Waals surface area (Å²) in [6.45, 7) is 3.62. The van der Waals surface area contributed by atoms with Crippen LogP contribution in [0.4, 0.5) is 4.39 Å². The molecule has 0 atom stereocenters. The van der Waals surface area contributed by atoms with Gasteiger partial charge in [-0.1, -0.05) is 18.7 Å². The number of methoxy groups -OCH3 is 1. The molecule has 0 aromatic heterocycles. The number of hydrogen-bond donors (Lipinski definition) is 1. The first-order chi connectivity index (χ1) is 11.6. The standard InChI is InChI=1S/C19H18FN3O/c1-13(12-21)23-19(22-2)18-8-7-17(24-3)11-15(18)9-14-5-4-6-16(20)10-14/h4-8,10-11H,1,9H2,2-3H3,(H,22,23). The zero-order valence-electron chi connectivity index (χ0n) is 13.6. The van der Waals surface area contributed by atoms with E-state index in [4.69, 9.17) is 10.00 Å². The van der Waals surface area contributed by atoms with E-state index in [-0.39, 0.29) is 11.5 Å². The molecule has 0 saturated heterocycles.